The number of carbonyl (C=O) groups is 1. The SMILES string of the molecule is O=C(N1CCC2(CCNC2)C1)C1(c2ccccc2)CCOCC1. The van der Waals surface area contributed by atoms with Crippen LogP contribution in [-0.2, 0) is 14.9 Å². The molecular formula is C19H26N2O2. The molecular weight excluding hydrogens is 288 g/mol. The summed E-state index contributed by atoms with van der Waals surface area (Å²) in [6.07, 6.45) is 3.96. The average molecular weight is 314 g/mol. The van der Waals surface area contributed by atoms with Crippen LogP contribution >= 0.6 is 0 Å². The number of carbonyl (C=O) groups excluding carboxylic acids is 1. The van der Waals surface area contributed by atoms with Crippen molar-refractivity contribution in [3.05, 3.63) is 35.9 Å². The maximum atomic E-state index is 13.5. The lowest BCUT2D eigenvalue weighted by molar-refractivity contribution is -0.140. The van der Waals surface area contributed by atoms with Gasteiger partial charge in [-0.3, -0.25) is 4.79 Å². The van der Waals surface area contributed by atoms with Gasteiger partial charge in [-0.25, -0.2) is 0 Å². The van der Waals surface area contributed by atoms with Gasteiger partial charge in [-0.15, -0.1) is 0 Å². The quantitative estimate of drug-likeness (QED) is 0.907. The molecule has 0 bridgehead atoms. The Morgan fingerprint density at radius 1 is 1.09 bits per heavy atom. The molecule has 4 rings (SSSR count). The van der Waals surface area contributed by atoms with Crippen molar-refractivity contribution in [2.45, 2.75) is 31.1 Å². The van der Waals surface area contributed by atoms with E-state index in [0.717, 1.165) is 45.4 Å². The Hall–Kier alpha value is -1.39. The predicted octanol–water partition coefficient (Wildman–Crippen LogP) is 1.95. The summed E-state index contributed by atoms with van der Waals surface area (Å²) < 4.78 is 5.57. The normalized spacial score (nSPS) is 30.0. The van der Waals surface area contributed by atoms with Gasteiger partial charge in [-0.2, -0.15) is 0 Å². The summed E-state index contributed by atoms with van der Waals surface area (Å²) in [5, 5.41) is 3.48. The summed E-state index contributed by atoms with van der Waals surface area (Å²) >= 11 is 0. The lowest BCUT2D eigenvalue weighted by atomic mass is 9.73. The molecule has 3 aliphatic rings. The molecule has 0 saturated carbocycles. The minimum absolute atomic E-state index is 0.329. The van der Waals surface area contributed by atoms with Gasteiger partial charge in [0.2, 0.25) is 5.91 Å². The van der Waals surface area contributed by atoms with E-state index in [1.54, 1.807) is 0 Å². The molecule has 124 valence electrons. The van der Waals surface area contributed by atoms with Crippen molar-refractivity contribution in [1.82, 2.24) is 10.2 Å². The molecule has 0 radical (unpaired) electrons. The molecule has 0 aliphatic carbocycles. The number of ether oxygens (including phenoxy) is 1. The first-order valence-corrected chi connectivity index (χ1v) is 8.88. The zero-order valence-corrected chi connectivity index (χ0v) is 13.7. The summed E-state index contributed by atoms with van der Waals surface area (Å²) in [6.45, 7) is 5.37. The third kappa shape index (κ3) is 2.58. The maximum Gasteiger partial charge on any atom is 0.233 e. The molecule has 0 aromatic heterocycles. The van der Waals surface area contributed by atoms with Crippen LogP contribution in [0.1, 0.15) is 31.2 Å². The second kappa shape index (κ2) is 5.91. The van der Waals surface area contributed by atoms with E-state index in [9.17, 15) is 4.79 Å². The maximum absolute atomic E-state index is 13.5. The number of nitrogens with zero attached hydrogens (tertiary/aromatic N) is 1. The predicted molar refractivity (Wildman–Crippen MR) is 89.3 cm³/mol. The summed E-state index contributed by atoms with van der Waals surface area (Å²) in [5.41, 5.74) is 1.12. The average Bonchev–Trinajstić information content (AvgIpc) is 3.26. The number of hydrogen-bond acceptors (Lipinski definition) is 3. The highest BCUT2D eigenvalue weighted by Crippen LogP contribution is 2.41. The highest BCUT2D eigenvalue weighted by atomic mass is 16.5. The van der Waals surface area contributed by atoms with Crippen LogP contribution in [0.4, 0.5) is 0 Å². The van der Waals surface area contributed by atoms with Crippen molar-refractivity contribution in [1.29, 1.82) is 0 Å². The minimum atomic E-state index is -0.378. The van der Waals surface area contributed by atoms with Gasteiger partial charge >= 0.3 is 0 Å². The van der Waals surface area contributed by atoms with Gasteiger partial charge in [0.15, 0.2) is 0 Å². The lowest BCUT2D eigenvalue weighted by Gasteiger charge is -2.39. The Morgan fingerprint density at radius 2 is 1.87 bits per heavy atom. The Bertz CT molecular complexity index is 560. The summed E-state index contributed by atoms with van der Waals surface area (Å²) in [5.74, 6) is 0.329. The van der Waals surface area contributed by atoms with E-state index in [4.69, 9.17) is 4.74 Å². The van der Waals surface area contributed by atoms with Crippen molar-refractivity contribution in [3.63, 3.8) is 0 Å². The van der Waals surface area contributed by atoms with Crippen LogP contribution in [0.5, 0.6) is 0 Å². The zero-order valence-electron chi connectivity index (χ0n) is 13.7. The van der Waals surface area contributed by atoms with Gasteiger partial charge in [-0.05, 0) is 37.8 Å². The number of hydrogen-bond donors (Lipinski definition) is 1. The van der Waals surface area contributed by atoms with Crippen LogP contribution in [0.15, 0.2) is 30.3 Å². The van der Waals surface area contributed by atoms with E-state index in [0.29, 0.717) is 24.5 Å². The van der Waals surface area contributed by atoms with Crippen molar-refractivity contribution in [2.75, 3.05) is 39.4 Å². The molecule has 1 unspecified atom stereocenters. The molecule has 4 heteroatoms. The van der Waals surface area contributed by atoms with Gasteiger partial charge in [-0.1, -0.05) is 30.3 Å². The molecule has 1 spiro atoms. The van der Waals surface area contributed by atoms with Gasteiger partial charge in [0.1, 0.15) is 0 Å². The van der Waals surface area contributed by atoms with Crippen LogP contribution in [0.25, 0.3) is 0 Å². The van der Waals surface area contributed by atoms with E-state index in [2.05, 4.69) is 22.3 Å². The first-order chi connectivity index (χ1) is 11.2. The number of rotatable bonds is 2. The van der Waals surface area contributed by atoms with Gasteiger partial charge in [0, 0.05) is 38.3 Å². The van der Waals surface area contributed by atoms with E-state index >= 15 is 0 Å². The van der Waals surface area contributed by atoms with Crippen molar-refractivity contribution in [2.24, 2.45) is 5.41 Å². The molecule has 1 amide bonds. The van der Waals surface area contributed by atoms with Crippen LogP contribution in [-0.4, -0.2) is 50.2 Å². The fraction of sp³-hybridized carbons (Fsp3) is 0.632. The van der Waals surface area contributed by atoms with E-state index in [1.807, 2.05) is 18.2 Å². The minimum Gasteiger partial charge on any atom is -0.381 e. The number of likely N-dealkylation sites (tertiary alicyclic amines) is 1. The summed E-state index contributed by atoms with van der Waals surface area (Å²) in [4.78, 5) is 15.7. The largest absolute Gasteiger partial charge is 0.381 e. The smallest absolute Gasteiger partial charge is 0.233 e. The lowest BCUT2D eigenvalue weighted by Crippen LogP contribution is -2.49. The third-order valence-electron chi connectivity index (χ3n) is 6.14. The molecule has 1 aromatic rings. The number of nitrogens with one attached hydrogen (secondary N) is 1. The van der Waals surface area contributed by atoms with Crippen LogP contribution < -0.4 is 5.32 Å². The standard InChI is InChI=1S/C19H26N2O2/c22-17(21-11-7-18(15-21)6-10-20-14-18)19(8-12-23-13-9-19)16-4-2-1-3-5-16/h1-5,20H,6-15H2. The van der Waals surface area contributed by atoms with Gasteiger partial charge in [0.05, 0.1) is 5.41 Å². The molecule has 3 heterocycles. The van der Waals surface area contributed by atoms with Crippen LogP contribution in [0, 0.1) is 5.41 Å². The summed E-state index contributed by atoms with van der Waals surface area (Å²) in [7, 11) is 0. The molecule has 3 saturated heterocycles. The molecule has 3 fully saturated rings. The second-order valence-corrected chi connectivity index (χ2v) is 7.46. The third-order valence-corrected chi connectivity index (χ3v) is 6.14. The molecule has 1 N–H and O–H groups in total. The fourth-order valence-electron chi connectivity index (χ4n) is 4.66. The first kappa shape index (κ1) is 15.2. The van der Waals surface area contributed by atoms with Crippen LogP contribution in [0.3, 0.4) is 0 Å². The summed E-state index contributed by atoms with van der Waals surface area (Å²) in [6, 6.07) is 10.4. The van der Waals surface area contributed by atoms with E-state index in [-0.39, 0.29) is 5.41 Å². The Kier molecular flexibility index (Phi) is 3.90. The fourth-order valence-corrected chi connectivity index (χ4v) is 4.66. The number of benzene rings is 1. The van der Waals surface area contributed by atoms with Gasteiger partial charge in [0.25, 0.3) is 0 Å². The molecule has 23 heavy (non-hydrogen) atoms. The molecule has 3 aliphatic heterocycles. The Morgan fingerprint density at radius 3 is 2.57 bits per heavy atom. The Balaban J connectivity index is 1.61. The van der Waals surface area contributed by atoms with Crippen molar-refractivity contribution >= 4 is 5.91 Å². The molecule has 4 nitrogen and oxygen atoms in total. The first-order valence-electron chi connectivity index (χ1n) is 8.88. The highest BCUT2D eigenvalue weighted by Gasteiger charge is 2.49. The van der Waals surface area contributed by atoms with E-state index < -0.39 is 0 Å². The van der Waals surface area contributed by atoms with Crippen molar-refractivity contribution in [3.8, 4) is 0 Å². The second-order valence-electron chi connectivity index (χ2n) is 7.46. The van der Waals surface area contributed by atoms with Crippen molar-refractivity contribution < 1.29 is 9.53 Å². The van der Waals surface area contributed by atoms with Gasteiger partial charge < -0.3 is 15.0 Å². The number of amides is 1. The highest BCUT2D eigenvalue weighted by molar-refractivity contribution is 5.88. The Labute approximate surface area is 138 Å². The molecule has 1 atom stereocenters. The van der Waals surface area contributed by atoms with Crippen LogP contribution in [0.2, 0.25) is 0 Å². The van der Waals surface area contributed by atoms with E-state index in [1.165, 1.54) is 12.0 Å². The monoisotopic (exact) mass is 314 g/mol. The topological polar surface area (TPSA) is 41.6 Å². The zero-order chi connectivity index (χ0) is 15.8. The molecule has 1 aromatic carbocycles.